The molecule has 2 fully saturated rings. The zero-order valence-corrected chi connectivity index (χ0v) is 16.3. The van der Waals surface area contributed by atoms with Gasteiger partial charge < -0.3 is 24.2 Å². The van der Waals surface area contributed by atoms with Gasteiger partial charge in [-0.25, -0.2) is 4.79 Å². The second-order valence-electron chi connectivity index (χ2n) is 7.33. The lowest BCUT2D eigenvalue weighted by molar-refractivity contribution is -0.139. The van der Waals surface area contributed by atoms with E-state index >= 15 is 0 Å². The molecule has 0 unspecified atom stereocenters. The van der Waals surface area contributed by atoms with E-state index in [4.69, 9.17) is 19.3 Å². The van der Waals surface area contributed by atoms with E-state index in [1.807, 2.05) is 24.3 Å². The molecule has 28 heavy (non-hydrogen) atoms. The summed E-state index contributed by atoms with van der Waals surface area (Å²) < 4.78 is 16.6. The van der Waals surface area contributed by atoms with E-state index in [1.54, 1.807) is 0 Å². The Morgan fingerprint density at radius 3 is 2.75 bits per heavy atom. The van der Waals surface area contributed by atoms with Crippen LogP contribution in [0.3, 0.4) is 0 Å². The van der Waals surface area contributed by atoms with Crippen molar-refractivity contribution in [1.29, 1.82) is 0 Å². The Bertz CT molecular complexity index is 687. The summed E-state index contributed by atoms with van der Waals surface area (Å²) in [4.78, 5) is 26.3. The van der Waals surface area contributed by atoms with E-state index in [-0.39, 0.29) is 18.0 Å². The summed E-state index contributed by atoms with van der Waals surface area (Å²) in [6, 6.07) is 7.48. The van der Waals surface area contributed by atoms with Gasteiger partial charge in [-0.15, -0.1) is 0 Å². The third-order valence-electron chi connectivity index (χ3n) is 5.42. The normalized spacial score (nSPS) is 19.4. The molecule has 0 aliphatic carbocycles. The number of piperidine rings is 1. The number of carboxylic acid groups (broad SMARTS) is 1. The average Bonchev–Trinajstić information content (AvgIpc) is 2.69. The highest BCUT2D eigenvalue weighted by Gasteiger charge is 2.40. The zero-order chi connectivity index (χ0) is 20.0. The number of methoxy groups -OCH3 is 1. The molecule has 8 nitrogen and oxygen atoms in total. The second-order valence-corrected chi connectivity index (χ2v) is 7.33. The molecule has 0 bridgehead atoms. The van der Waals surface area contributed by atoms with Crippen LogP contribution in [0.1, 0.15) is 18.4 Å². The number of likely N-dealkylation sites (tertiary alicyclic amines) is 1. The molecule has 154 valence electrons. The Balaban J connectivity index is 1.46. The average molecular weight is 392 g/mol. The van der Waals surface area contributed by atoms with Gasteiger partial charge in [-0.1, -0.05) is 12.1 Å². The van der Waals surface area contributed by atoms with Gasteiger partial charge in [0.2, 0.25) is 0 Å². The van der Waals surface area contributed by atoms with E-state index in [0.29, 0.717) is 26.3 Å². The van der Waals surface area contributed by atoms with Crippen molar-refractivity contribution in [3.8, 4) is 5.75 Å². The molecule has 0 aromatic heterocycles. The monoisotopic (exact) mass is 392 g/mol. The van der Waals surface area contributed by atoms with Gasteiger partial charge in [-0.05, 0) is 30.5 Å². The highest BCUT2D eigenvalue weighted by Crippen LogP contribution is 2.30. The predicted octanol–water partition coefficient (Wildman–Crippen LogP) is 1.63. The standard InChI is InChI=1S/C20H28N2O6/c1-26-18(23)14-16-3-2-4-17(13-16)27-11-9-21-10-12-28-20(15-21)5-7-22(8-6-20)19(24)25/h2-4,13H,5-12,14-15H2,1H3,(H,24,25). The number of nitrogens with zero attached hydrogens (tertiary/aromatic N) is 2. The summed E-state index contributed by atoms with van der Waals surface area (Å²) in [6.07, 6.45) is 0.830. The lowest BCUT2D eigenvalue weighted by Crippen LogP contribution is -2.57. The predicted molar refractivity (Wildman–Crippen MR) is 102 cm³/mol. The molecule has 1 aromatic rings. The summed E-state index contributed by atoms with van der Waals surface area (Å²) in [6.45, 7) is 4.65. The smallest absolute Gasteiger partial charge is 0.407 e. The molecule has 1 aromatic carbocycles. The van der Waals surface area contributed by atoms with Crippen molar-refractivity contribution in [2.45, 2.75) is 24.9 Å². The molecule has 0 saturated carbocycles. The van der Waals surface area contributed by atoms with Gasteiger partial charge in [0.05, 0.1) is 25.7 Å². The van der Waals surface area contributed by atoms with Crippen LogP contribution < -0.4 is 4.74 Å². The van der Waals surface area contributed by atoms with Crippen LogP contribution in [0.2, 0.25) is 0 Å². The van der Waals surface area contributed by atoms with Gasteiger partial charge in [0.15, 0.2) is 0 Å². The summed E-state index contributed by atoms with van der Waals surface area (Å²) >= 11 is 0. The van der Waals surface area contributed by atoms with Crippen LogP contribution in [0.5, 0.6) is 5.75 Å². The summed E-state index contributed by atoms with van der Waals surface area (Å²) in [5.74, 6) is 0.462. The number of carbonyl (C=O) groups excluding carboxylic acids is 1. The number of benzene rings is 1. The third-order valence-corrected chi connectivity index (χ3v) is 5.42. The number of esters is 1. The molecule has 1 N–H and O–H groups in total. The fourth-order valence-corrected chi connectivity index (χ4v) is 3.80. The lowest BCUT2D eigenvalue weighted by Gasteiger charge is -2.46. The van der Waals surface area contributed by atoms with E-state index in [0.717, 1.165) is 43.8 Å². The number of amides is 1. The quantitative estimate of drug-likeness (QED) is 0.736. The van der Waals surface area contributed by atoms with Gasteiger partial charge in [-0.2, -0.15) is 0 Å². The Morgan fingerprint density at radius 2 is 2.04 bits per heavy atom. The number of carbonyl (C=O) groups is 2. The van der Waals surface area contributed by atoms with Crippen molar-refractivity contribution in [2.24, 2.45) is 0 Å². The van der Waals surface area contributed by atoms with Crippen LogP contribution in [-0.4, -0.2) is 85.6 Å². The molecule has 2 saturated heterocycles. The first-order valence-corrected chi connectivity index (χ1v) is 9.62. The SMILES string of the molecule is COC(=O)Cc1cccc(OCCN2CCOC3(CCN(C(=O)O)CC3)C2)c1. The molecule has 0 atom stereocenters. The molecule has 3 rings (SSSR count). The fourth-order valence-electron chi connectivity index (χ4n) is 3.80. The molecule has 0 radical (unpaired) electrons. The molecule has 2 aliphatic rings. The van der Waals surface area contributed by atoms with Gasteiger partial charge >= 0.3 is 12.1 Å². The Labute approximate surface area is 165 Å². The fraction of sp³-hybridized carbons (Fsp3) is 0.600. The molecule has 2 heterocycles. The molecule has 2 aliphatic heterocycles. The maximum atomic E-state index is 11.4. The topological polar surface area (TPSA) is 88.5 Å². The number of hydrogen-bond donors (Lipinski definition) is 1. The molecular weight excluding hydrogens is 364 g/mol. The van der Waals surface area contributed by atoms with Gasteiger partial charge in [0, 0.05) is 32.7 Å². The minimum atomic E-state index is -0.856. The van der Waals surface area contributed by atoms with Gasteiger partial charge in [-0.3, -0.25) is 9.69 Å². The van der Waals surface area contributed by atoms with E-state index in [9.17, 15) is 9.59 Å². The summed E-state index contributed by atoms with van der Waals surface area (Å²) in [7, 11) is 1.38. The van der Waals surface area contributed by atoms with Crippen molar-refractivity contribution in [2.75, 3.05) is 53.0 Å². The van der Waals surface area contributed by atoms with Crippen molar-refractivity contribution in [3.05, 3.63) is 29.8 Å². The molecular formula is C20H28N2O6. The molecule has 8 heteroatoms. The first-order chi connectivity index (χ1) is 13.5. The van der Waals surface area contributed by atoms with Crippen molar-refractivity contribution in [1.82, 2.24) is 9.80 Å². The van der Waals surface area contributed by atoms with Crippen molar-refractivity contribution >= 4 is 12.1 Å². The van der Waals surface area contributed by atoms with Gasteiger partial charge in [0.25, 0.3) is 0 Å². The van der Waals surface area contributed by atoms with Crippen LogP contribution in [0.4, 0.5) is 4.79 Å². The number of hydrogen-bond acceptors (Lipinski definition) is 6. The van der Waals surface area contributed by atoms with Crippen molar-refractivity contribution in [3.63, 3.8) is 0 Å². The van der Waals surface area contributed by atoms with Crippen LogP contribution in [0.15, 0.2) is 24.3 Å². The number of morpholine rings is 1. The maximum absolute atomic E-state index is 11.4. The second kappa shape index (κ2) is 9.25. The van der Waals surface area contributed by atoms with Crippen LogP contribution in [-0.2, 0) is 20.7 Å². The Morgan fingerprint density at radius 1 is 1.25 bits per heavy atom. The molecule has 1 spiro atoms. The van der Waals surface area contributed by atoms with Crippen LogP contribution >= 0.6 is 0 Å². The largest absolute Gasteiger partial charge is 0.492 e. The summed E-state index contributed by atoms with van der Waals surface area (Å²) in [5, 5.41) is 9.12. The minimum absolute atomic E-state index is 0.229. The highest BCUT2D eigenvalue weighted by atomic mass is 16.5. The summed E-state index contributed by atoms with van der Waals surface area (Å²) in [5.41, 5.74) is 0.616. The Kier molecular flexibility index (Phi) is 6.74. The van der Waals surface area contributed by atoms with Crippen LogP contribution in [0, 0.1) is 0 Å². The first kappa shape index (κ1) is 20.4. The van der Waals surface area contributed by atoms with Gasteiger partial charge in [0.1, 0.15) is 12.4 Å². The van der Waals surface area contributed by atoms with Crippen molar-refractivity contribution < 1.29 is 28.9 Å². The Hall–Kier alpha value is -2.32. The third kappa shape index (κ3) is 5.36. The maximum Gasteiger partial charge on any atom is 0.407 e. The lowest BCUT2D eigenvalue weighted by atomic mass is 9.89. The zero-order valence-electron chi connectivity index (χ0n) is 16.3. The highest BCUT2D eigenvalue weighted by molar-refractivity contribution is 5.72. The first-order valence-electron chi connectivity index (χ1n) is 9.62. The van der Waals surface area contributed by atoms with E-state index < -0.39 is 6.09 Å². The van der Waals surface area contributed by atoms with E-state index in [2.05, 4.69) is 4.90 Å². The van der Waals surface area contributed by atoms with Crippen LogP contribution in [0.25, 0.3) is 0 Å². The molecule has 1 amide bonds. The van der Waals surface area contributed by atoms with E-state index in [1.165, 1.54) is 12.0 Å². The number of rotatable bonds is 6. The number of ether oxygens (including phenoxy) is 3. The minimum Gasteiger partial charge on any atom is -0.492 e.